The molecule has 2 aliphatic heterocycles. The van der Waals surface area contributed by atoms with Crippen LogP contribution in [0.1, 0.15) is 22.8 Å². The lowest BCUT2D eigenvalue weighted by molar-refractivity contribution is -0.671. The van der Waals surface area contributed by atoms with Crippen LogP contribution in [0.15, 0.2) is 85.5 Å². The number of hydrogen-bond acceptors (Lipinski definition) is 2. The largest absolute Gasteiger partial charge is 0.355 e. The Morgan fingerprint density at radius 1 is 0.579 bits per heavy atom. The molecule has 0 radical (unpaired) electrons. The van der Waals surface area contributed by atoms with Gasteiger partial charge >= 0.3 is 0 Å². The van der Waals surface area contributed by atoms with E-state index in [-0.39, 0.29) is 0 Å². The SMILES string of the molecule is C[n+]1cccc(-c2c3nc(cc4ccc([nH]4)c(-c4ccc[n+](C)c4)c4ccc(cc5nc2C=C5)[nH]4)C=C3)c1. The van der Waals surface area contributed by atoms with Crippen molar-refractivity contribution in [3.8, 4) is 22.3 Å². The highest BCUT2D eigenvalue weighted by Crippen LogP contribution is 2.31. The molecule has 0 saturated carbocycles. The molecule has 0 spiro atoms. The van der Waals surface area contributed by atoms with Gasteiger partial charge in [0.1, 0.15) is 14.1 Å². The molecule has 0 fully saturated rings. The first-order valence-corrected chi connectivity index (χ1v) is 12.6. The van der Waals surface area contributed by atoms with E-state index in [1.165, 1.54) is 0 Å². The first-order valence-electron chi connectivity index (χ1n) is 12.6. The first kappa shape index (κ1) is 22.1. The van der Waals surface area contributed by atoms with Crippen LogP contribution in [-0.4, -0.2) is 19.9 Å². The van der Waals surface area contributed by atoms with Crippen molar-refractivity contribution < 1.29 is 9.13 Å². The summed E-state index contributed by atoms with van der Waals surface area (Å²) in [5.74, 6) is 0. The summed E-state index contributed by atoms with van der Waals surface area (Å²) in [5, 5.41) is 0. The molecule has 182 valence electrons. The van der Waals surface area contributed by atoms with E-state index in [0.717, 1.165) is 67.1 Å². The molecule has 0 aliphatic carbocycles. The van der Waals surface area contributed by atoms with E-state index < -0.39 is 0 Å². The zero-order valence-corrected chi connectivity index (χ0v) is 21.2. The fourth-order valence-electron chi connectivity index (χ4n) is 5.15. The zero-order valence-electron chi connectivity index (χ0n) is 21.2. The van der Waals surface area contributed by atoms with E-state index in [9.17, 15) is 0 Å². The maximum absolute atomic E-state index is 5.01. The summed E-state index contributed by atoms with van der Waals surface area (Å²) in [6.07, 6.45) is 16.6. The van der Waals surface area contributed by atoms with Gasteiger partial charge in [-0.2, -0.15) is 0 Å². The Morgan fingerprint density at radius 3 is 1.58 bits per heavy atom. The number of nitrogens with one attached hydrogen (secondary N) is 2. The number of fused-ring (bicyclic) bond motifs is 8. The van der Waals surface area contributed by atoms with Crippen molar-refractivity contribution in [2.45, 2.75) is 0 Å². The van der Waals surface area contributed by atoms with Crippen LogP contribution in [0.2, 0.25) is 0 Å². The minimum Gasteiger partial charge on any atom is -0.355 e. The molecule has 0 atom stereocenters. The Morgan fingerprint density at radius 2 is 1.08 bits per heavy atom. The van der Waals surface area contributed by atoms with Gasteiger partial charge in [-0.05, 0) is 72.8 Å². The summed E-state index contributed by atoms with van der Waals surface area (Å²) in [7, 11) is 4.07. The van der Waals surface area contributed by atoms with Gasteiger partial charge in [0.2, 0.25) is 0 Å². The quantitative estimate of drug-likeness (QED) is 0.306. The number of aromatic amines is 2. The van der Waals surface area contributed by atoms with Crippen LogP contribution >= 0.6 is 0 Å². The number of H-pyrrole nitrogens is 2. The number of pyridine rings is 2. The lowest BCUT2D eigenvalue weighted by atomic mass is 10.0. The van der Waals surface area contributed by atoms with E-state index in [1.807, 2.05) is 26.5 Å². The average Bonchev–Trinajstić information content (AvgIpc) is 3.70. The Labute approximate surface area is 220 Å². The van der Waals surface area contributed by atoms with Gasteiger partial charge in [-0.1, -0.05) is 0 Å². The first-order chi connectivity index (χ1) is 18.6. The Balaban J connectivity index is 1.57. The highest BCUT2D eigenvalue weighted by molar-refractivity contribution is 5.94. The van der Waals surface area contributed by atoms with Gasteiger partial charge in [-0.3, -0.25) is 0 Å². The molecule has 6 heteroatoms. The summed E-state index contributed by atoms with van der Waals surface area (Å²) in [6, 6.07) is 21.0. The monoisotopic (exact) mass is 494 g/mol. The fraction of sp³-hybridized carbons (Fsp3) is 0.0625. The van der Waals surface area contributed by atoms with Crippen LogP contribution in [0.5, 0.6) is 0 Å². The van der Waals surface area contributed by atoms with E-state index in [0.29, 0.717) is 0 Å². The molecule has 7 heterocycles. The second kappa shape index (κ2) is 8.78. The molecular formula is C32H26N6+2. The maximum atomic E-state index is 5.01. The predicted octanol–water partition coefficient (Wildman–Crippen LogP) is 5.64. The van der Waals surface area contributed by atoms with Crippen molar-refractivity contribution in [1.82, 2.24) is 19.9 Å². The maximum Gasteiger partial charge on any atom is 0.176 e. The Bertz CT molecular complexity index is 1860. The van der Waals surface area contributed by atoms with Gasteiger partial charge in [-0.25, -0.2) is 19.1 Å². The lowest BCUT2D eigenvalue weighted by Crippen LogP contribution is -2.26. The lowest BCUT2D eigenvalue weighted by Gasteiger charge is -2.03. The van der Waals surface area contributed by atoms with E-state index in [1.54, 1.807) is 0 Å². The average molecular weight is 495 g/mol. The van der Waals surface area contributed by atoms with Crippen molar-refractivity contribution >= 4 is 46.4 Å². The van der Waals surface area contributed by atoms with E-state index >= 15 is 0 Å². The summed E-state index contributed by atoms with van der Waals surface area (Å²) in [4.78, 5) is 17.2. The van der Waals surface area contributed by atoms with Gasteiger partial charge in [0.05, 0.1) is 28.3 Å². The molecule has 2 aliphatic rings. The highest BCUT2D eigenvalue weighted by Gasteiger charge is 2.16. The normalized spacial score (nSPS) is 12.3. The Hall–Kier alpha value is -5.10. The van der Waals surface area contributed by atoms with Crippen LogP contribution in [-0.2, 0) is 14.1 Å². The third kappa shape index (κ3) is 4.02. The molecule has 8 bridgehead atoms. The van der Waals surface area contributed by atoms with E-state index in [2.05, 4.69) is 116 Å². The molecule has 0 aromatic carbocycles. The van der Waals surface area contributed by atoms with Crippen LogP contribution in [0.3, 0.4) is 0 Å². The molecule has 0 saturated heterocycles. The minimum absolute atomic E-state index is 0.895. The Kier molecular flexibility index (Phi) is 5.11. The number of nitrogens with zero attached hydrogens (tertiary/aromatic N) is 4. The van der Waals surface area contributed by atoms with Crippen LogP contribution < -0.4 is 9.13 Å². The zero-order chi connectivity index (χ0) is 25.6. The molecule has 38 heavy (non-hydrogen) atoms. The summed E-state index contributed by atoms with van der Waals surface area (Å²) >= 11 is 0. The number of aromatic nitrogens is 6. The van der Waals surface area contributed by atoms with Crippen LogP contribution in [0.4, 0.5) is 0 Å². The van der Waals surface area contributed by atoms with E-state index in [4.69, 9.17) is 9.97 Å². The van der Waals surface area contributed by atoms with Gasteiger partial charge < -0.3 is 9.97 Å². The third-order valence-corrected chi connectivity index (χ3v) is 6.85. The van der Waals surface area contributed by atoms with Crippen LogP contribution in [0, 0.1) is 0 Å². The topological polar surface area (TPSA) is 65.1 Å². The molecule has 2 N–H and O–H groups in total. The number of aryl methyl sites for hydroxylation is 2. The molecule has 0 amide bonds. The molecule has 5 aromatic rings. The molecular weight excluding hydrogens is 468 g/mol. The molecule has 0 unspecified atom stereocenters. The minimum atomic E-state index is 0.895. The molecule has 7 rings (SSSR count). The number of hydrogen-bond donors (Lipinski definition) is 2. The smallest absolute Gasteiger partial charge is 0.176 e. The fourth-order valence-corrected chi connectivity index (χ4v) is 5.15. The van der Waals surface area contributed by atoms with Crippen molar-refractivity contribution in [3.63, 3.8) is 0 Å². The summed E-state index contributed by atoms with van der Waals surface area (Å²) in [5.41, 5.74) is 12.0. The second-order valence-corrected chi connectivity index (χ2v) is 9.72. The predicted molar refractivity (Wildman–Crippen MR) is 152 cm³/mol. The van der Waals surface area contributed by atoms with Gasteiger partial charge in [0.15, 0.2) is 24.8 Å². The highest BCUT2D eigenvalue weighted by atomic mass is 14.9. The van der Waals surface area contributed by atoms with Crippen molar-refractivity contribution in [1.29, 1.82) is 0 Å². The third-order valence-electron chi connectivity index (χ3n) is 6.85. The molecule has 6 nitrogen and oxygen atoms in total. The standard InChI is InChI=1S/C32H26N6/c1-37-15-3-5-21(19-37)31-27-11-7-23(33-27)17-25-9-13-29(35-25)32(22-6-4-16-38(2)20-22)30-14-10-26(36-30)18-24-8-12-28(31)34-24/h3-20,33-34H,1-2H3/q+2. The second-order valence-electron chi connectivity index (χ2n) is 9.72. The van der Waals surface area contributed by atoms with Crippen molar-refractivity contribution in [3.05, 3.63) is 108 Å². The number of rotatable bonds is 2. The van der Waals surface area contributed by atoms with Crippen molar-refractivity contribution in [2.24, 2.45) is 14.1 Å². The van der Waals surface area contributed by atoms with Gasteiger partial charge in [0, 0.05) is 50.9 Å². The molecule has 5 aromatic heterocycles. The summed E-state index contributed by atoms with van der Waals surface area (Å²) in [6.45, 7) is 0. The summed E-state index contributed by atoms with van der Waals surface area (Å²) < 4.78 is 4.12. The van der Waals surface area contributed by atoms with Crippen molar-refractivity contribution in [2.75, 3.05) is 0 Å². The van der Waals surface area contributed by atoms with Gasteiger partial charge in [-0.15, -0.1) is 0 Å². The van der Waals surface area contributed by atoms with Gasteiger partial charge in [0.25, 0.3) is 0 Å². The van der Waals surface area contributed by atoms with Crippen LogP contribution in [0.25, 0.3) is 68.6 Å².